The van der Waals surface area contributed by atoms with Crippen LogP contribution >= 0.6 is 12.2 Å². The Bertz CT molecular complexity index is 487. The highest BCUT2D eigenvalue weighted by atomic mass is 32.1. The molecular formula is C12H14N2O2S. The van der Waals surface area contributed by atoms with Crippen LogP contribution in [-0.2, 0) is 9.63 Å². The Morgan fingerprint density at radius 1 is 1.35 bits per heavy atom. The summed E-state index contributed by atoms with van der Waals surface area (Å²) in [5.74, 6) is -0.137. The third-order valence-electron chi connectivity index (χ3n) is 2.70. The fourth-order valence-electron chi connectivity index (χ4n) is 1.72. The highest BCUT2D eigenvalue weighted by Crippen LogP contribution is 2.24. The standard InChI is InChI=1S/C12H14N2O2S/c1-8-4-5-9(2)10(6-8)14-11(15)7-16-13(3)12(14)17/h4-6H,7H2,1-3H3. The van der Waals surface area contributed by atoms with Gasteiger partial charge in [-0.15, -0.1) is 0 Å². The van der Waals surface area contributed by atoms with E-state index in [-0.39, 0.29) is 12.5 Å². The number of carbonyl (C=O) groups excluding carboxylic acids is 1. The fourth-order valence-corrected chi connectivity index (χ4v) is 1.97. The predicted octanol–water partition coefficient (Wildman–Crippen LogP) is 1.80. The molecule has 1 saturated heterocycles. The van der Waals surface area contributed by atoms with Crippen LogP contribution in [-0.4, -0.2) is 29.7 Å². The van der Waals surface area contributed by atoms with E-state index in [1.165, 1.54) is 9.96 Å². The number of aryl methyl sites for hydroxylation is 2. The van der Waals surface area contributed by atoms with Crippen molar-refractivity contribution < 1.29 is 9.63 Å². The Morgan fingerprint density at radius 2 is 2.06 bits per heavy atom. The zero-order valence-electron chi connectivity index (χ0n) is 10.1. The van der Waals surface area contributed by atoms with E-state index in [2.05, 4.69) is 0 Å². The SMILES string of the molecule is Cc1ccc(C)c(N2C(=O)CON(C)C2=S)c1. The summed E-state index contributed by atoms with van der Waals surface area (Å²) in [5.41, 5.74) is 2.94. The minimum Gasteiger partial charge on any atom is -0.271 e. The second kappa shape index (κ2) is 4.43. The number of benzene rings is 1. The molecule has 1 aliphatic rings. The monoisotopic (exact) mass is 250 g/mol. The summed E-state index contributed by atoms with van der Waals surface area (Å²) in [6.45, 7) is 3.96. The van der Waals surface area contributed by atoms with E-state index < -0.39 is 0 Å². The number of nitrogens with zero attached hydrogens (tertiary/aromatic N) is 2. The fraction of sp³-hybridized carbons (Fsp3) is 0.333. The number of carbonyl (C=O) groups is 1. The van der Waals surface area contributed by atoms with Crippen LogP contribution in [0, 0.1) is 13.8 Å². The first-order valence-electron chi connectivity index (χ1n) is 5.31. The Balaban J connectivity index is 2.46. The maximum Gasteiger partial charge on any atom is 0.262 e. The van der Waals surface area contributed by atoms with Crippen molar-refractivity contribution >= 4 is 28.9 Å². The van der Waals surface area contributed by atoms with Crippen molar-refractivity contribution in [2.45, 2.75) is 13.8 Å². The van der Waals surface area contributed by atoms with Crippen molar-refractivity contribution in [2.75, 3.05) is 18.6 Å². The molecule has 0 bridgehead atoms. The molecule has 2 rings (SSSR count). The molecule has 1 fully saturated rings. The summed E-state index contributed by atoms with van der Waals surface area (Å²) in [7, 11) is 1.70. The van der Waals surface area contributed by atoms with Crippen LogP contribution in [0.15, 0.2) is 18.2 Å². The molecule has 90 valence electrons. The summed E-state index contributed by atoms with van der Waals surface area (Å²) in [6, 6.07) is 5.95. The van der Waals surface area contributed by atoms with Crippen LogP contribution in [0.2, 0.25) is 0 Å². The molecule has 1 amide bonds. The van der Waals surface area contributed by atoms with Crippen molar-refractivity contribution in [3.8, 4) is 0 Å². The smallest absolute Gasteiger partial charge is 0.262 e. The Hall–Kier alpha value is -1.46. The maximum atomic E-state index is 11.9. The van der Waals surface area contributed by atoms with E-state index in [0.29, 0.717) is 5.11 Å². The number of hydrogen-bond donors (Lipinski definition) is 0. The van der Waals surface area contributed by atoms with E-state index >= 15 is 0 Å². The molecule has 1 aliphatic heterocycles. The van der Waals surface area contributed by atoms with Gasteiger partial charge in [-0.1, -0.05) is 12.1 Å². The van der Waals surface area contributed by atoms with E-state index in [0.717, 1.165) is 16.8 Å². The average Bonchev–Trinajstić information content (AvgIpc) is 2.29. The first-order valence-corrected chi connectivity index (χ1v) is 5.72. The molecular weight excluding hydrogens is 236 g/mol. The second-order valence-corrected chi connectivity index (χ2v) is 4.44. The van der Waals surface area contributed by atoms with Crippen molar-refractivity contribution in [3.63, 3.8) is 0 Å². The first-order chi connectivity index (χ1) is 8.00. The maximum absolute atomic E-state index is 11.9. The van der Waals surface area contributed by atoms with Gasteiger partial charge < -0.3 is 0 Å². The molecule has 17 heavy (non-hydrogen) atoms. The molecule has 0 unspecified atom stereocenters. The van der Waals surface area contributed by atoms with Gasteiger partial charge in [0.15, 0.2) is 6.61 Å². The summed E-state index contributed by atoms with van der Waals surface area (Å²) in [4.78, 5) is 18.6. The van der Waals surface area contributed by atoms with Gasteiger partial charge in [-0.05, 0) is 43.3 Å². The van der Waals surface area contributed by atoms with Crippen molar-refractivity contribution in [1.82, 2.24) is 5.06 Å². The van der Waals surface area contributed by atoms with E-state index in [4.69, 9.17) is 17.1 Å². The molecule has 0 radical (unpaired) electrons. The lowest BCUT2D eigenvalue weighted by Gasteiger charge is -2.34. The first kappa shape index (κ1) is 12.0. The summed E-state index contributed by atoms with van der Waals surface area (Å²) in [6.07, 6.45) is 0. The molecule has 0 saturated carbocycles. The van der Waals surface area contributed by atoms with Gasteiger partial charge in [-0.2, -0.15) is 0 Å². The van der Waals surface area contributed by atoms with Crippen LogP contribution in [0.4, 0.5) is 5.69 Å². The zero-order chi connectivity index (χ0) is 12.6. The lowest BCUT2D eigenvalue weighted by atomic mass is 10.1. The van der Waals surface area contributed by atoms with E-state index in [1.807, 2.05) is 32.0 Å². The zero-order valence-corrected chi connectivity index (χ0v) is 10.9. The number of amides is 1. The normalized spacial score (nSPS) is 16.6. The average molecular weight is 250 g/mol. The molecule has 0 atom stereocenters. The number of anilines is 1. The van der Waals surface area contributed by atoms with Crippen LogP contribution in [0.3, 0.4) is 0 Å². The topological polar surface area (TPSA) is 32.8 Å². The molecule has 0 spiro atoms. The van der Waals surface area contributed by atoms with Gasteiger partial charge in [0.2, 0.25) is 5.11 Å². The van der Waals surface area contributed by atoms with Crippen molar-refractivity contribution in [1.29, 1.82) is 0 Å². The Kier molecular flexibility index (Phi) is 3.13. The van der Waals surface area contributed by atoms with Crippen molar-refractivity contribution in [3.05, 3.63) is 29.3 Å². The van der Waals surface area contributed by atoms with Crippen LogP contribution < -0.4 is 4.90 Å². The largest absolute Gasteiger partial charge is 0.271 e. The van der Waals surface area contributed by atoms with Crippen molar-refractivity contribution in [2.24, 2.45) is 0 Å². The summed E-state index contributed by atoms with van der Waals surface area (Å²) >= 11 is 5.22. The highest BCUT2D eigenvalue weighted by Gasteiger charge is 2.30. The van der Waals surface area contributed by atoms with Gasteiger partial charge in [0.1, 0.15) is 0 Å². The minimum atomic E-state index is -0.137. The molecule has 1 aromatic rings. The molecule has 0 N–H and O–H groups in total. The lowest BCUT2D eigenvalue weighted by Crippen LogP contribution is -2.52. The minimum absolute atomic E-state index is 0.0179. The summed E-state index contributed by atoms with van der Waals surface area (Å²) in [5, 5.41) is 1.81. The van der Waals surface area contributed by atoms with Gasteiger partial charge in [0.25, 0.3) is 5.91 Å². The van der Waals surface area contributed by atoms with Gasteiger partial charge in [0, 0.05) is 7.05 Å². The third kappa shape index (κ3) is 2.16. The van der Waals surface area contributed by atoms with Gasteiger partial charge in [-0.25, -0.2) is 5.06 Å². The van der Waals surface area contributed by atoms with E-state index in [9.17, 15) is 4.79 Å². The van der Waals surface area contributed by atoms with Gasteiger partial charge in [-0.3, -0.25) is 14.5 Å². The summed E-state index contributed by atoms with van der Waals surface area (Å²) < 4.78 is 0. The number of hydroxylamine groups is 2. The molecule has 0 aromatic heterocycles. The van der Waals surface area contributed by atoms with E-state index in [1.54, 1.807) is 7.05 Å². The quantitative estimate of drug-likeness (QED) is 0.712. The lowest BCUT2D eigenvalue weighted by molar-refractivity contribution is -0.142. The van der Waals surface area contributed by atoms with Crippen LogP contribution in [0.5, 0.6) is 0 Å². The third-order valence-corrected chi connectivity index (χ3v) is 3.14. The molecule has 1 heterocycles. The van der Waals surface area contributed by atoms with Crippen LogP contribution in [0.25, 0.3) is 0 Å². The molecule has 0 aliphatic carbocycles. The predicted molar refractivity (Wildman–Crippen MR) is 69.7 cm³/mol. The second-order valence-electron chi connectivity index (χ2n) is 4.07. The van der Waals surface area contributed by atoms with Crippen LogP contribution in [0.1, 0.15) is 11.1 Å². The van der Waals surface area contributed by atoms with Gasteiger partial charge in [0.05, 0.1) is 5.69 Å². The van der Waals surface area contributed by atoms with Gasteiger partial charge >= 0.3 is 0 Å². The molecule has 4 nitrogen and oxygen atoms in total. The Morgan fingerprint density at radius 3 is 2.76 bits per heavy atom. The Labute approximate surface area is 106 Å². The highest BCUT2D eigenvalue weighted by molar-refractivity contribution is 7.80. The molecule has 1 aromatic carbocycles. The number of thiocarbonyl (C=S) groups is 1. The number of hydrogen-bond acceptors (Lipinski definition) is 3. The number of rotatable bonds is 1. The molecule has 5 heteroatoms.